The lowest BCUT2D eigenvalue weighted by Crippen LogP contribution is -2.29. The highest BCUT2D eigenvalue weighted by molar-refractivity contribution is 6.12. The van der Waals surface area contributed by atoms with Gasteiger partial charge in [-0.05, 0) is 138 Å². The minimum atomic E-state index is -0.704. The van der Waals surface area contributed by atoms with Gasteiger partial charge in [0.25, 0.3) is 0 Å². The van der Waals surface area contributed by atoms with Crippen LogP contribution in [0.25, 0.3) is 44.2 Å². The molecule has 1 atom stereocenters. The molecule has 346 valence electrons. The van der Waals surface area contributed by atoms with Crippen LogP contribution in [0.4, 0.5) is 34.1 Å². The largest absolute Gasteiger partial charge is 0.310 e. The second kappa shape index (κ2) is 16.5. The minimum Gasteiger partial charge on any atom is -0.310 e. The Kier molecular flexibility index (Phi) is 9.43. The van der Waals surface area contributed by atoms with Crippen molar-refractivity contribution in [2.45, 2.75) is 10.8 Å². The Morgan fingerprint density at radius 3 is 1.26 bits per heavy atom. The molecule has 74 heavy (non-hydrogen) atoms. The van der Waals surface area contributed by atoms with Crippen molar-refractivity contribution in [3.63, 3.8) is 0 Å². The van der Waals surface area contributed by atoms with Gasteiger partial charge in [-0.15, -0.1) is 0 Å². The third kappa shape index (κ3) is 5.82. The fraction of sp³-hybridized carbons (Fsp3) is 0.0278. The monoisotopic (exact) mass is 940 g/mol. The van der Waals surface area contributed by atoms with Gasteiger partial charge in [0.05, 0.1) is 22.2 Å². The summed E-state index contributed by atoms with van der Waals surface area (Å²) in [5, 5.41) is 2.45. The van der Waals surface area contributed by atoms with Gasteiger partial charge >= 0.3 is 0 Å². The molecule has 1 unspecified atom stereocenters. The Labute approximate surface area is 432 Å². The smallest absolute Gasteiger partial charge is 0.0747 e. The van der Waals surface area contributed by atoms with Crippen molar-refractivity contribution in [3.05, 3.63) is 336 Å². The summed E-state index contributed by atoms with van der Waals surface area (Å²) in [6.07, 6.45) is 0. The van der Waals surface area contributed by atoms with Crippen molar-refractivity contribution in [2.75, 3.05) is 9.80 Å². The number of rotatable bonds is 8. The van der Waals surface area contributed by atoms with Gasteiger partial charge in [-0.25, -0.2) is 0 Å². The Balaban J connectivity index is 1.07. The van der Waals surface area contributed by atoms with Gasteiger partial charge in [-0.1, -0.05) is 231 Å². The van der Waals surface area contributed by atoms with Crippen molar-refractivity contribution in [2.24, 2.45) is 0 Å². The number of hydrogen-bond acceptors (Lipinski definition) is 2. The Morgan fingerprint density at radius 2 is 0.676 bits per heavy atom. The van der Waals surface area contributed by atoms with E-state index in [4.69, 9.17) is 0 Å². The molecule has 12 aromatic carbocycles. The van der Waals surface area contributed by atoms with Crippen molar-refractivity contribution in [1.29, 1.82) is 0 Å². The summed E-state index contributed by atoms with van der Waals surface area (Å²) < 4.78 is 0. The topological polar surface area (TPSA) is 6.48 Å². The van der Waals surface area contributed by atoms with Crippen LogP contribution in [0.2, 0.25) is 0 Å². The lowest BCUT2D eigenvalue weighted by atomic mass is 9.67. The predicted octanol–water partition coefficient (Wildman–Crippen LogP) is 18.5. The van der Waals surface area contributed by atoms with E-state index in [9.17, 15) is 0 Å². The predicted molar refractivity (Wildman–Crippen MR) is 307 cm³/mol. The standard InChI is InChI=1S/C72H48N2/c1-6-26-50(27-7-1)71(51-28-8-2-9-29-51)61-40-21-18-37-57(61)58-46-45-55(48-65(58)71)74(54-34-14-5-15-35-54)67-47-49-25-16-17-36-56(49)68-59-38-19-22-41-62(59)72(70(67)68)63-42-23-20-39-60(63)69-64(72)43-24-44-66(69)73(52-30-10-3-11-31-52)53-32-12-4-13-33-53/h1-48H. The number of para-hydroxylation sites is 3. The summed E-state index contributed by atoms with van der Waals surface area (Å²) in [4.78, 5) is 5.02. The summed E-state index contributed by atoms with van der Waals surface area (Å²) in [5.41, 5.74) is 23.2. The van der Waals surface area contributed by atoms with E-state index in [1.165, 1.54) is 88.7 Å². The molecular formula is C72H48N2. The number of hydrogen-bond donors (Lipinski definition) is 0. The molecule has 3 aliphatic rings. The van der Waals surface area contributed by atoms with Crippen molar-refractivity contribution in [3.8, 4) is 33.4 Å². The van der Waals surface area contributed by atoms with Crippen molar-refractivity contribution in [1.82, 2.24) is 0 Å². The molecule has 0 bridgehead atoms. The Hall–Kier alpha value is -9.50. The van der Waals surface area contributed by atoms with Crippen LogP contribution in [0.15, 0.2) is 291 Å². The molecule has 0 amide bonds. The summed E-state index contributed by atoms with van der Waals surface area (Å²) in [6, 6.07) is 108. The van der Waals surface area contributed by atoms with Crippen LogP contribution in [0.5, 0.6) is 0 Å². The zero-order chi connectivity index (χ0) is 48.8. The fourth-order valence-corrected chi connectivity index (χ4v) is 13.5. The number of nitrogens with zero attached hydrogens (tertiary/aromatic N) is 2. The van der Waals surface area contributed by atoms with E-state index in [0.29, 0.717) is 0 Å². The van der Waals surface area contributed by atoms with E-state index < -0.39 is 10.8 Å². The van der Waals surface area contributed by atoms with Crippen molar-refractivity contribution >= 4 is 44.9 Å². The van der Waals surface area contributed by atoms with E-state index in [1.807, 2.05) is 0 Å². The molecule has 0 aliphatic heterocycles. The summed E-state index contributed by atoms with van der Waals surface area (Å²) in [7, 11) is 0. The van der Waals surface area contributed by atoms with Crippen LogP contribution >= 0.6 is 0 Å². The Morgan fingerprint density at radius 1 is 0.243 bits per heavy atom. The maximum Gasteiger partial charge on any atom is 0.0747 e. The van der Waals surface area contributed by atoms with Crippen LogP contribution in [0.1, 0.15) is 44.5 Å². The number of benzene rings is 12. The second-order valence-electron chi connectivity index (χ2n) is 19.8. The number of anilines is 6. The van der Waals surface area contributed by atoms with Gasteiger partial charge in [0, 0.05) is 33.9 Å². The molecule has 0 saturated carbocycles. The van der Waals surface area contributed by atoms with E-state index >= 15 is 0 Å². The normalized spacial score (nSPS) is 14.9. The molecular weight excluding hydrogens is 893 g/mol. The molecule has 15 rings (SSSR count). The first-order valence-corrected chi connectivity index (χ1v) is 25.8. The van der Waals surface area contributed by atoms with Gasteiger partial charge in [0.2, 0.25) is 0 Å². The zero-order valence-electron chi connectivity index (χ0n) is 40.6. The maximum absolute atomic E-state index is 2.58. The first kappa shape index (κ1) is 42.2. The van der Waals surface area contributed by atoms with E-state index in [1.54, 1.807) is 0 Å². The van der Waals surface area contributed by atoms with Crippen LogP contribution < -0.4 is 9.80 Å². The van der Waals surface area contributed by atoms with E-state index in [-0.39, 0.29) is 0 Å². The Bertz CT molecular complexity index is 4050. The quantitative estimate of drug-likeness (QED) is 0.150. The highest BCUT2D eigenvalue weighted by Crippen LogP contribution is 2.68. The highest BCUT2D eigenvalue weighted by atomic mass is 15.2. The van der Waals surface area contributed by atoms with Crippen LogP contribution in [-0.4, -0.2) is 0 Å². The van der Waals surface area contributed by atoms with Crippen LogP contribution in [-0.2, 0) is 10.8 Å². The van der Waals surface area contributed by atoms with Gasteiger partial charge in [-0.2, -0.15) is 0 Å². The lowest BCUT2D eigenvalue weighted by Gasteiger charge is -2.37. The van der Waals surface area contributed by atoms with Crippen LogP contribution in [0.3, 0.4) is 0 Å². The summed E-state index contributed by atoms with van der Waals surface area (Å²) in [6.45, 7) is 0. The van der Waals surface area contributed by atoms with Crippen LogP contribution in [0, 0.1) is 0 Å². The molecule has 0 N–H and O–H groups in total. The lowest BCUT2D eigenvalue weighted by molar-refractivity contribution is 0.768. The molecule has 0 saturated heterocycles. The summed E-state index contributed by atoms with van der Waals surface area (Å²) >= 11 is 0. The second-order valence-corrected chi connectivity index (χ2v) is 19.8. The van der Waals surface area contributed by atoms with Crippen molar-refractivity contribution < 1.29 is 0 Å². The average Bonchev–Trinajstić information content (AvgIpc) is 4.07. The van der Waals surface area contributed by atoms with Gasteiger partial charge in [-0.3, -0.25) is 0 Å². The van der Waals surface area contributed by atoms with E-state index in [2.05, 4.69) is 301 Å². The first-order chi connectivity index (χ1) is 36.8. The molecule has 0 fully saturated rings. The molecule has 2 nitrogen and oxygen atoms in total. The average molecular weight is 941 g/mol. The number of fused-ring (bicyclic) bond motifs is 15. The molecule has 2 heteroatoms. The highest BCUT2D eigenvalue weighted by Gasteiger charge is 2.55. The maximum atomic E-state index is 2.58. The van der Waals surface area contributed by atoms with Gasteiger partial charge in [0.15, 0.2) is 0 Å². The third-order valence-corrected chi connectivity index (χ3v) is 16.3. The molecule has 1 spiro atoms. The zero-order valence-corrected chi connectivity index (χ0v) is 40.6. The molecule has 12 aromatic rings. The molecule has 3 aliphatic carbocycles. The first-order valence-electron chi connectivity index (χ1n) is 25.8. The minimum absolute atomic E-state index is 0.571. The molecule has 0 radical (unpaired) electrons. The summed E-state index contributed by atoms with van der Waals surface area (Å²) in [5.74, 6) is 0. The molecule has 0 aromatic heterocycles. The SMILES string of the molecule is c1ccc(N(c2ccccc2)c2cccc3c2-c2ccccc2C32c3ccccc3-c3c2c(N(c2ccccc2)c2ccc4c(c2)C(c2ccccc2)(c2ccccc2)c2ccccc2-4)cc2ccccc32)cc1. The van der Waals surface area contributed by atoms with E-state index in [0.717, 1.165) is 34.1 Å². The van der Waals surface area contributed by atoms with Gasteiger partial charge in [0.1, 0.15) is 0 Å². The molecule has 0 heterocycles. The fourth-order valence-electron chi connectivity index (χ4n) is 13.5. The third-order valence-electron chi connectivity index (χ3n) is 16.3. The van der Waals surface area contributed by atoms with Gasteiger partial charge < -0.3 is 9.80 Å².